The first-order chi connectivity index (χ1) is 9.88. The Bertz CT molecular complexity index is 741. The van der Waals surface area contributed by atoms with Crippen LogP contribution in [-0.2, 0) is 16.4 Å². The van der Waals surface area contributed by atoms with Crippen LogP contribution in [0.15, 0.2) is 41.8 Å². The molecule has 8 nitrogen and oxygen atoms in total. The minimum Gasteiger partial charge on any atom is -0.382 e. The second-order valence-corrected chi connectivity index (χ2v) is 6.42. The first-order valence-electron chi connectivity index (χ1n) is 6.06. The number of aromatic nitrogens is 2. The van der Waals surface area contributed by atoms with Gasteiger partial charge in [0.1, 0.15) is 0 Å². The Balaban J connectivity index is 2.20. The molecule has 0 aliphatic rings. The van der Waals surface area contributed by atoms with Gasteiger partial charge in [-0.2, -0.15) is 0 Å². The molecule has 112 valence electrons. The first kappa shape index (κ1) is 15.0. The van der Waals surface area contributed by atoms with Crippen LogP contribution in [0.1, 0.15) is 0 Å². The Labute approximate surface area is 121 Å². The molecule has 1 aromatic heterocycles. The second-order valence-electron chi connectivity index (χ2n) is 4.44. The molecule has 0 saturated heterocycles. The summed E-state index contributed by atoms with van der Waals surface area (Å²) < 4.78 is 25.3. The van der Waals surface area contributed by atoms with Gasteiger partial charge in [0.15, 0.2) is 9.84 Å². The van der Waals surface area contributed by atoms with E-state index in [0.29, 0.717) is 18.8 Å². The van der Waals surface area contributed by atoms with E-state index in [1.165, 1.54) is 12.1 Å². The molecule has 0 aliphatic heterocycles. The minimum absolute atomic E-state index is 0.0812. The normalized spacial score (nSPS) is 11.3. The number of nitrogens with one attached hydrogen (secondary N) is 1. The molecule has 1 N–H and O–H groups in total. The highest BCUT2D eigenvalue weighted by atomic mass is 32.2. The molecule has 9 heteroatoms. The van der Waals surface area contributed by atoms with Gasteiger partial charge in [0.25, 0.3) is 5.69 Å². The standard InChI is InChI=1S/C12H14N4O4S/c1-21(19,20)12-8-10(16(17)18)2-3-11(12)14-5-7-15-6-4-13-9-15/h2-4,6,8-9,14H,5,7H2,1H3. The van der Waals surface area contributed by atoms with Gasteiger partial charge in [-0.1, -0.05) is 0 Å². The maximum atomic E-state index is 11.7. The molecule has 1 aromatic carbocycles. The molecular formula is C12H14N4O4S. The fourth-order valence-electron chi connectivity index (χ4n) is 1.82. The maximum absolute atomic E-state index is 11.7. The molecule has 0 bridgehead atoms. The minimum atomic E-state index is -3.56. The van der Waals surface area contributed by atoms with Crippen LogP contribution in [-0.4, -0.2) is 35.7 Å². The van der Waals surface area contributed by atoms with Crippen molar-refractivity contribution in [3.05, 3.63) is 47.0 Å². The number of nitrogens with zero attached hydrogens (tertiary/aromatic N) is 3. The zero-order chi connectivity index (χ0) is 15.5. The highest BCUT2D eigenvalue weighted by Crippen LogP contribution is 2.26. The van der Waals surface area contributed by atoms with Crippen LogP contribution < -0.4 is 5.32 Å². The molecule has 1 heterocycles. The molecule has 0 aliphatic carbocycles. The van der Waals surface area contributed by atoms with E-state index in [-0.39, 0.29) is 10.6 Å². The van der Waals surface area contributed by atoms with Crippen molar-refractivity contribution in [2.75, 3.05) is 18.1 Å². The molecule has 0 spiro atoms. The smallest absolute Gasteiger partial charge is 0.270 e. The summed E-state index contributed by atoms with van der Waals surface area (Å²) in [5.41, 5.74) is 0.0961. The number of rotatable bonds is 6. The molecule has 2 rings (SSSR count). The van der Waals surface area contributed by atoms with Crippen molar-refractivity contribution in [1.82, 2.24) is 9.55 Å². The van der Waals surface area contributed by atoms with Crippen molar-refractivity contribution in [2.45, 2.75) is 11.4 Å². The number of benzene rings is 1. The lowest BCUT2D eigenvalue weighted by atomic mass is 10.3. The number of hydrogen-bond donors (Lipinski definition) is 1. The molecule has 0 atom stereocenters. The van der Waals surface area contributed by atoms with Crippen molar-refractivity contribution in [3.63, 3.8) is 0 Å². The Hall–Kier alpha value is -2.42. The van der Waals surface area contributed by atoms with Gasteiger partial charge in [-0.25, -0.2) is 13.4 Å². The number of nitro benzene ring substituents is 1. The predicted octanol–water partition coefficient (Wildman–Crippen LogP) is 1.31. The summed E-state index contributed by atoms with van der Waals surface area (Å²) in [5, 5.41) is 13.7. The summed E-state index contributed by atoms with van der Waals surface area (Å²) in [4.78, 5) is 13.9. The zero-order valence-electron chi connectivity index (χ0n) is 11.3. The number of sulfone groups is 1. The van der Waals surface area contributed by atoms with Gasteiger partial charge in [-0.3, -0.25) is 10.1 Å². The molecule has 0 fully saturated rings. The number of anilines is 1. The van der Waals surface area contributed by atoms with E-state index in [1.807, 2.05) is 4.57 Å². The van der Waals surface area contributed by atoms with Crippen molar-refractivity contribution < 1.29 is 13.3 Å². The third-order valence-corrected chi connectivity index (χ3v) is 3.96. The predicted molar refractivity (Wildman–Crippen MR) is 76.9 cm³/mol. The van der Waals surface area contributed by atoms with E-state index < -0.39 is 14.8 Å². The van der Waals surface area contributed by atoms with Gasteiger partial charge in [-0.15, -0.1) is 0 Å². The quantitative estimate of drug-likeness (QED) is 0.636. The third-order valence-electron chi connectivity index (χ3n) is 2.82. The van der Waals surface area contributed by atoms with Gasteiger partial charge in [-0.05, 0) is 6.07 Å². The number of non-ortho nitro benzene ring substituents is 1. The highest BCUT2D eigenvalue weighted by molar-refractivity contribution is 7.90. The Morgan fingerprint density at radius 1 is 1.43 bits per heavy atom. The zero-order valence-corrected chi connectivity index (χ0v) is 12.1. The van der Waals surface area contributed by atoms with Crippen LogP contribution in [0.5, 0.6) is 0 Å². The van der Waals surface area contributed by atoms with Crippen LogP contribution >= 0.6 is 0 Å². The van der Waals surface area contributed by atoms with Gasteiger partial charge >= 0.3 is 0 Å². The maximum Gasteiger partial charge on any atom is 0.270 e. The summed E-state index contributed by atoms with van der Waals surface area (Å²) in [6.45, 7) is 1.07. The lowest BCUT2D eigenvalue weighted by Crippen LogP contribution is -2.12. The second kappa shape index (κ2) is 5.92. The SMILES string of the molecule is CS(=O)(=O)c1cc([N+](=O)[O-])ccc1NCCn1ccnc1. The lowest BCUT2D eigenvalue weighted by Gasteiger charge is -2.11. The first-order valence-corrected chi connectivity index (χ1v) is 7.95. The van der Waals surface area contributed by atoms with Crippen LogP contribution in [0.25, 0.3) is 0 Å². The van der Waals surface area contributed by atoms with Crippen LogP contribution in [0, 0.1) is 10.1 Å². The van der Waals surface area contributed by atoms with E-state index >= 15 is 0 Å². The van der Waals surface area contributed by atoms with Gasteiger partial charge in [0, 0.05) is 43.9 Å². The molecule has 0 unspecified atom stereocenters. The Morgan fingerprint density at radius 2 is 2.19 bits per heavy atom. The third kappa shape index (κ3) is 3.78. The summed E-state index contributed by atoms with van der Waals surface area (Å²) in [6.07, 6.45) is 6.10. The summed E-state index contributed by atoms with van der Waals surface area (Å²) in [7, 11) is -3.56. The van der Waals surface area contributed by atoms with Crippen molar-refractivity contribution in [3.8, 4) is 0 Å². The molecule has 21 heavy (non-hydrogen) atoms. The van der Waals surface area contributed by atoms with Gasteiger partial charge in [0.05, 0.1) is 21.8 Å². The summed E-state index contributed by atoms with van der Waals surface area (Å²) in [5.74, 6) is 0. The van der Waals surface area contributed by atoms with Crippen molar-refractivity contribution >= 4 is 21.2 Å². The van der Waals surface area contributed by atoms with E-state index in [1.54, 1.807) is 18.7 Å². The largest absolute Gasteiger partial charge is 0.382 e. The van der Waals surface area contributed by atoms with Gasteiger partial charge < -0.3 is 9.88 Å². The molecule has 0 saturated carbocycles. The Morgan fingerprint density at radius 3 is 2.76 bits per heavy atom. The van der Waals surface area contributed by atoms with E-state index in [4.69, 9.17) is 0 Å². The van der Waals surface area contributed by atoms with Gasteiger partial charge in [0.2, 0.25) is 0 Å². The van der Waals surface area contributed by atoms with Crippen LogP contribution in [0.2, 0.25) is 0 Å². The van der Waals surface area contributed by atoms with E-state index in [0.717, 1.165) is 12.3 Å². The highest BCUT2D eigenvalue weighted by Gasteiger charge is 2.18. The van der Waals surface area contributed by atoms with E-state index in [2.05, 4.69) is 10.3 Å². The molecule has 2 aromatic rings. The molecule has 0 amide bonds. The summed E-state index contributed by atoms with van der Waals surface area (Å²) in [6, 6.07) is 3.74. The monoisotopic (exact) mass is 310 g/mol. The number of imidazole rings is 1. The average molecular weight is 310 g/mol. The summed E-state index contributed by atoms with van der Waals surface area (Å²) >= 11 is 0. The number of nitro groups is 1. The number of hydrogen-bond acceptors (Lipinski definition) is 6. The van der Waals surface area contributed by atoms with Crippen molar-refractivity contribution in [2.24, 2.45) is 0 Å². The van der Waals surface area contributed by atoms with Crippen LogP contribution in [0.3, 0.4) is 0 Å². The average Bonchev–Trinajstić information content (AvgIpc) is 2.90. The van der Waals surface area contributed by atoms with E-state index in [9.17, 15) is 18.5 Å². The fraction of sp³-hybridized carbons (Fsp3) is 0.250. The molecular weight excluding hydrogens is 296 g/mol. The fourth-order valence-corrected chi connectivity index (χ4v) is 2.69. The van der Waals surface area contributed by atoms with Crippen molar-refractivity contribution in [1.29, 1.82) is 0 Å². The van der Waals surface area contributed by atoms with Crippen LogP contribution in [0.4, 0.5) is 11.4 Å². The topological polar surface area (TPSA) is 107 Å². The molecule has 0 radical (unpaired) electrons. The Kier molecular flexibility index (Phi) is 4.22. The lowest BCUT2D eigenvalue weighted by molar-refractivity contribution is -0.385.